The lowest BCUT2D eigenvalue weighted by atomic mass is 10.2. The van der Waals surface area contributed by atoms with Crippen LogP contribution in [0.15, 0.2) is 17.2 Å². The summed E-state index contributed by atoms with van der Waals surface area (Å²) in [6.07, 6.45) is 0.922. The van der Waals surface area contributed by atoms with Crippen LogP contribution >= 0.6 is 0 Å². The highest BCUT2D eigenvalue weighted by atomic mass is 19.2. The van der Waals surface area contributed by atoms with Crippen LogP contribution in [0.1, 0.15) is 0 Å². The Labute approximate surface area is 75.2 Å². The third-order valence-corrected chi connectivity index (χ3v) is 1.76. The number of nitrogens with one attached hydrogen (secondary N) is 1. The minimum absolute atomic E-state index is 0.351. The van der Waals surface area contributed by atoms with Crippen LogP contribution in [-0.2, 0) is 0 Å². The number of H-pyrrole nitrogens is 1. The summed E-state index contributed by atoms with van der Waals surface area (Å²) in [5.74, 6) is -3.87. The zero-order chi connectivity index (χ0) is 10.3. The van der Waals surface area contributed by atoms with Gasteiger partial charge >= 0.3 is 0 Å². The molecule has 1 aromatic carbocycles. The molecule has 1 aromatic heterocycles. The SMILES string of the molecule is O=c1[nH]cnc2c(F)cc(F)c(F)c12. The molecule has 1 heterocycles. The summed E-state index contributed by atoms with van der Waals surface area (Å²) in [7, 11) is 0. The highest BCUT2D eigenvalue weighted by molar-refractivity contribution is 5.78. The first-order valence-corrected chi connectivity index (χ1v) is 3.62. The molecule has 0 amide bonds. The summed E-state index contributed by atoms with van der Waals surface area (Å²) in [6.45, 7) is 0. The molecule has 0 aliphatic heterocycles. The van der Waals surface area contributed by atoms with Gasteiger partial charge in [-0.1, -0.05) is 0 Å². The maximum atomic E-state index is 13.0. The number of fused-ring (bicyclic) bond motifs is 1. The largest absolute Gasteiger partial charge is 0.313 e. The minimum atomic E-state index is -1.41. The van der Waals surface area contributed by atoms with Crippen LogP contribution in [0.5, 0.6) is 0 Å². The van der Waals surface area contributed by atoms with E-state index in [0.717, 1.165) is 6.33 Å². The monoisotopic (exact) mass is 200 g/mol. The summed E-state index contributed by atoms with van der Waals surface area (Å²) < 4.78 is 38.7. The number of hydrogen-bond donors (Lipinski definition) is 1. The van der Waals surface area contributed by atoms with Gasteiger partial charge < -0.3 is 4.98 Å². The number of rotatable bonds is 0. The number of benzene rings is 1. The van der Waals surface area contributed by atoms with Gasteiger partial charge in [-0.2, -0.15) is 0 Å². The van der Waals surface area contributed by atoms with Gasteiger partial charge in [0.05, 0.1) is 6.33 Å². The highest BCUT2D eigenvalue weighted by Crippen LogP contribution is 2.17. The second-order valence-corrected chi connectivity index (χ2v) is 2.61. The van der Waals surface area contributed by atoms with Crippen molar-refractivity contribution in [2.75, 3.05) is 0 Å². The van der Waals surface area contributed by atoms with Crippen LogP contribution < -0.4 is 5.56 Å². The molecule has 72 valence electrons. The molecule has 14 heavy (non-hydrogen) atoms. The number of aromatic nitrogens is 2. The average Bonchev–Trinajstić information content (AvgIpc) is 2.14. The molecule has 0 aliphatic carbocycles. The summed E-state index contributed by atoms with van der Waals surface area (Å²) in [5, 5.41) is -0.704. The van der Waals surface area contributed by atoms with Gasteiger partial charge in [0.25, 0.3) is 5.56 Å². The predicted molar refractivity (Wildman–Crippen MR) is 42.2 cm³/mol. The van der Waals surface area contributed by atoms with Gasteiger partial charge in [-0.3, -0.25) is 4.79 Å². The number of nitrogens with zero attached hydrogens (tertiary/aromatic N) is 1. The number of aromatic amines is 1. The lowest BCUT2D eigenvalue weighted by Crippen LogP contribution is -2.10. The van der Waals surface area contributed by atoms with Crippen LogP contribution in [0.4, 0.5) is 13.2 Å². The molecular formula is C8H3F3N2O. The van der Waals surface area contributed by atoms with E-state index in [2.05, 4.69) is 4.98 Å². The van der Waals surface area contributed by atoms with Gasteiger partial charge in [0.1, 0.15) is 10.9 Å². The first-order chi connectivity index (χ1) is 6.61. The fourth-order valence-corrected chi connectivity index (χ4v) is 1.15. The second kappa shape index (κ2) is 2.83. The molecule has 0 radical (unpaired) electrons. The molecule has 0 aliphatic rings. The molecule has 0 bridgehead atoms. The third kappa shape index (κ3) is 1.07. The van der Waals surface area contributed by atoms with Gasteiger partial charge in [-0.15, -0.1) is 0 Å². The van der Waals surface area contributed by atoms with Crippen molar-refractivity contribution >= 4 is 10.9 Å². The maximum absolute atomic E-state index is 13.0. The van der Waals surface area contributed by atoms with Gasteiger partial charge in [0.2, 0.25) is 0 Å². The van der Waals surface area contributed by atoms with Gasteiger partial charge in [0, 0.05) is 6.07 Å². The van der Waals surface area contributed by atoms with Crippen LogP contribution in [0.25, 0.3) is 10.9 Å². The van der Waals surface area contributed by atoms with Gasteiger partial charge in [-0.25, -0.2) is 18.2 Å². The second-order valence-electron chi connectivity index (χ2n) is 2.61. The van der Waals surface area contributed by atoms with E-state index in [1.54, 1.807) is 0 Å². The van der Waals surface area contributed by atoms with Crippen molar-refractivity contribution in [3.8, 4) is 0 Å². The standard InChI is InChI=1S/C8H3F3N2O/c9-3-1-4(10)7-5(6(3)11)8(14)13-2-12-7/h1-2H,(H,12,13,14). The summed E-state index contributed by atoms with van der Waals surface area (Å²) in [6, 6.07) is 0.351. The molecule has 2 aromatic rings. The average molecular weight is 200 g/mol. The molecule has 0 saturated carbocycles. The van der Waals surface area contributed by atoms with E-state index >= 15 is 0 Å². The van der Waals surface area contributed by atoms with Crippen molar-refractivity contribution in [1.82, 2.24) is 9.97 Å². The van der Waals surface area contributed by atoms with Crippen LogP contribution in [-0.4, -0.2) is 9.97 Å². The fraction of sp³-hybridized carbons (Fsp3) is 0. The highest BCUT2D eigenvalue weighted by Gasteiger charge is 2.15. The van der Waals surface area contributed by atoms with Crippen molar-refractivity contribution in [2.24, 2.45) is 0 Å². The Kier molecular flexibility index (Phi) is 1.77. The first-order valence-electron chi connectivity index (χ1n) is 3.62. The Hall–Kier alpha value is -1.85. The molecule has 3 nitrogen and oxygen atoms in total. The van der Waals surface area contributed by atoms with E-state index in [1.165, 1.54) is 0 Å². The summed E-state index contributed by atoms with van der Waals surface area (Å²) in [4.78, 5) is 16.5. The Bertz CT molecular complexity index is 564. The molecule has 0 fully saturated rings. The predicted octanol–water partition coefficient (Wildman–Crippen LogP) is 1.34. The van der Waals surface area contributed by atoms with Crippen molar-refractivity contribution in [3.05, 3.63) is 40.2 Å². The van der Waals surface area contributed by atoms with E-state index < -0.39 is 33.9 Å². The summed E-state index contributed by atoms with van der Waals surface area (Å²) in [5.41, 5.74) is -1.39. The van der Waals surface area contributed by atoms with Crippen molar-refractivity contribution in [3.63, 3.8) is 0 Å². The van der Waals surface area contributed by atoms with Crippen LogP contribution in [0.2, 0.25) is 0 Å². The van der Waals surface area contributed by atoms with Crippen molar-refractivity contribution in [1.29, 1.82) is 0 Å². The molecular weight excluding hydrogens is 197 g/mol. The quantitative estimate of drug-likeness (QED) is 0.652. The van der Waals surface area contributed by atoms with Crippen LogP contribution in [0, 0.1) is 17.5 Å². The molecule has 1 N–H and O–H groups in total. The maximum Gasteiger partial charge on any atom is 0.261 e. The van der Waals surface area contributed by atoms with Crippen molar-refractivity contribution < 1.29 is 13.2 Å². The lowest BCUT2D eigenvalue weighted by molar-refractivity contribution is 0.504. The smallest absolute Gasteiger partial charge is 0.261 e. The van der Waals surface area contributed by atoms with Crippen molar-refractivity contribution in [2.45, 2.75) is 0 Å². The normalized spacial score (nSPS) is 10.8. The summed E-state index contributed by atoms with van der Waals surface area (Å²) >= 11 is 0. The van der Waals surface area contributed by atoms with E-state index in [-0.39, 0.29) is 0 Å². The molecule has 6 heteroatoms. The zero-order valence-corrected chi connectivity index (χ0v) is 6.64. The van der Waals surface area contributed by atoms with E-state index in [9.17, 15) is 18.0 Å². The lowest BCUT2D eigenvalue weighted by Gasteiger charge is -1.99. The first kappa shape index (κ1) is 8.74. The van der Waals surface area contributed by atoms with E-state index in [1.807, 2.05) is 4.98 Å². The number of halogens is 3. The minimum Gasteiger partial charge on any atom is -0.313 e. The Morgan fingerprint density at radius 1 is 1.21 bits per heavy atom. The van der Waals surface area contributed by atoms with E-state index in [0.29, 0.717) is 6.07 Å². The molecule has 0 spiro atoms. The molecule has 2 rings (SSSR count). The fourth-order valence-electron chi connectivity index (χ4n) is 1.15. The Morgan fingerprint density at radius 2 is 1.93 bits per heavy atom. The van der Waals surface area contributed by atoms with Gasteiger partial charge in [-0.05, 0) is 0 Å². The Balaban J connectivity index is 3.11. The topological polar surface area (TPSA) is 45.8 Å². The molecule has 0 atom stereocenters. The molecule has 0 unspecified atom stereocenters. The van der Waals surface area contributed by atoms with Gasteiger partial charge in [0.15, 0.2) is 17.5 Å². The molecule has 0 saturated heterocycles. The number of hydrogen-bond acceptors (Lipinski definition) is 2. The zero-order valence-electron chi connectivity index (χ0n) is 6.64. The third-order valence-electron chi connectivity index (χ3n) is 1.76. The van der Waals surface area contributed by atoms with Crippen LogP contribution in [0.3, 0.4) is 0 Å². The van der Waals surface area contributed by atoms with E-state index in [4.69, 9.17) is 0 Å². The Morgan fingerprint density at radius 3 is 2.64 bits per heavy atom.